The van der Waals surface area contributed by atoms with Crippen LogP contribution in [0.3, 0.4) is 0 Å². The lowest BCUT2D eigenvalue weighted by Gasteiger charge is -2.53. The molecule has 1 aliphatic heterocycles. The molecule has 1 heterocycles. The van der Waals surface area contributed by atoms with Crippen molar-refractivity contribution in [2.24, 2.45) is 11.3 Å². The van der Waals surface area contributed by atoms with Gasteiger partial charge in [0.05, 0.1) is 29.9 Å². The van der Waals surface area contributed by atoms with Gasteiger partial charge in [-0.1, -0.05) is 54.4 Å². The van der Waals surface area contributed by atoms with E-state index in [2.05, 4.69) is 4.72 Å². The number of sulfonamides is 1. The van der Waals surface area contributed by atoms with Crippen LogP contribution in [0.1, 0.15) is 69.0 Å². The van der Waals surface area contributed by atoms with Gasteiger partial charge < -0.3 is 15.1 Å². The number of hydrogen-bond acceptors (Lipinski definition) is 5. The normalized spacial score (nSPS) is 25.5. The number of piperidine rings is 1. The molecule has 2 fully saturated rings. The third kappa shape index (κ3) is 6.80. The summed E-state index contributed by atoms with van der Waals surface area (Å²) in [5, 5.41) is 21.5. The van der Waals surface area contributed by atoms with Crippen LogP contribution < -0.4 is 4.72 Å². The minimum absolute atomic E-state index is 0.0499. The predicted molar refractivity (Wildman–Crippen MR) is 154 cm³/mol. The van der Waals surface area contributed by atoms with Crippen molar-refractivity contribution in [1.82, 2.24) is 9.62 Å². The maximum Gasteiger partial charge on any atom is 0.229 e. The predicted octanol–water partition coefficient (Wildman–Crippen LogP) is 4.91. The molecule has 10 heteroatoms. The standard InChI is InChI=1S/C29H38Cl2N2O5S/c1-3-29(15-24(35)18-34)16-25(21-6-5-7-23(31)14-21)27(20-10-12-22(30)13-11-20)33(28(29)36)26(19-8-9-19)17-32-39(37,38)4-2/h5-7,10-14,19,24-27,32,34-35H,3-4,8-9,15-18H2,1-2H3/t24?,25?,26?,27-,29+/m1/s1. The summed E-state index contributed by atoms with van der Waals surface area (Å²) in [6.07, 6.45) is 1.76. The largest absolute Gasteiger partial charge is 0.394 e. The molecule has 214 valence electrons. The summed E-state index contributed by atoms with van der Waals surface area (Å²) in [6, 6.07) is 14.3. The van der Waals surface area contributed by atoms with E-state index in [4.69, 9.17) is 23.2 Å². The van der Waals surface area contributed by atoms with Gasteiger partial charge in [0, 0.05) is 28.5 Å². The van der Waals surface area contributed by atoms with Crippen LogP contribution in [0.4, 0.5) is 0 Å². The average Bonchev–Trinajstić information content (AvgIpc) is 3.76. The van der Waals surface area contributed by atoms with E-state index in [1.54, 1.807) is 19.1 Å². The maximum absolute atomic E-state index is 14.7. The molecule has 4 rings (SSSR count). The molecule has 0 radical (unpaired) electrons. The number of nitrogens with zero attached hydrogens (tertiary/aromatic N) is 1. The number of aliphatic hydroxyl groups excluding tert-OH is 2. The first-order valence-electron chi connectivity index (χ1n) is 13.6. The number of likely N-dealkylation sites (tertiary alicyclic amines) is 1. The van der Waals surface area contributed by atoms with Gasteiger partial charge in [-0.15, -0.1) is 0 Å². The van der Waals surface area contributed by atoms with E-state index in [9.17, 15) is 23.4 Å². The number of aliphatic hydroxyl groups is 2. The van der Waals surface area contributed by atoms with Crippen molar-refractivity contribution in [1.29, 1.82) is 0 Å². The Kier molecular flexibility index (Phi) is 9.67. The van der Waals surface area contributed by atoms with E-state index in [0.717, 1.165) is 24.0 Å². The Labute approximate surface area is 241 Å². The summed E-state index contributed by atoms with van der Waals surface area (Å²) < 4.78 is 27.7. The third-order valence-corrected chi connectivity index (χ3v) is 10.3. The van der Waals surface area contributed by atoms with E-state index < -0.39 is 34.2 Å². The maximum atomic E-state index is 14.7. The van der Waals surface area contributed by atoms with Crippen molar-refractivity contribution in [3.63, 3.8) is 0 Å². The highest BCUT2D eigenvalue weighted by Gasteiger charge is 2.55. The van der Waals surface area contributed by atoms with E-state index in [0.29, 0.717) is 22.9 Å². The van der Waals surface area contributed by atoms with Crippen molar-refractivity contribution in [3.05, 3.63) is 69.7 Å². The highest BCUT2D eigenvalue weighted by molar-refractivity contribution is 7.89. The zero-order valence-corrected chi connectivity index (χ0v) is 24.7. The molecule has 1 amide bonds. The molecule has 1 saturated heterocycles. The van der Waals surface area contributed by atoms with E-state index in [1.807, 2.05) is 48.2 Å². The number of carbonyl (C=O) groups is 1. The Morgan fingerprint density at radius 3 is 2.33 bits per heavy atom. The summed E-state index contributed by atoms with van der Waals surface area (Å²) in [5.74, 6) is -0.217. The van der Waals surface area contributed by atoms with Crippen LogP contribution in [0.2, 0.25) is 10.0 Å². The lowest BCUT2D eigenvalue weighted by molar-refractivity contribution is -0.160. The number of amides is 1. The number of halogens is 2. The molecule has 0 aromatic heterocycles. The zero-order valence-electron chi connectivity index (χ0n) is 22.4. The summed E-state index contributed by atoms with van der Waals surface area (Å²) in [6.45, 7) is 3.19. The Morgan fingerprint density at radius 1 is 1.08 bits per heavy atom. The van der Waals surface area contributed by atoms with Crippen LogP contribution in [-0.2, 0) is 14.8 Å². The molecule has 0 spiro atoms. The molecule has 3 unspecified atom stereocenters. The average molecular weight is 598 g/mol. The fraction of sp³-hybridized carbons (Fsp3) is 0.552. The van der Waals surface area contributed by atoms with Crippen LogP contribution in [0.5, 0.6) is 0 Å². The first kappa shape index (κ1) is 30.3. The summed E-state index contributed by atoms with van der Waals surface area (Å²) in [5.41, 5.74) is 0.906. The molecule has 39 heavy (non-hydrogen) atoms. The topological polar surface area (TPSA) is 107 Å². The van der Waals surface area contributed by atoms with Gasteiger partial charge in [0.2, 0.25) is 15.9 Å². The molecule has 1 saturated carbocycles. The van der Waals surface area contributed by atoms with Gasteiger partial charge in [-0.25, -0.2) is 13.1 Å². The molecule has 1 aliphatic carbocycles. The van der Waals surface area contributed by atoms with Gasteiger partial charge in [0.15, 0.2) is 0 Å². The third-order valence-electron chi connectivity index (χ3n) is 8.40. The first-order chi connectivity index (χ1) is 18.5. The Hall–Kier alpha value is -1.68. The quantitative estimate of drug-likeness (QED) is 0.323. The Morgan fingerprint density at radius 2 is 1.77 bits per heavy atom. The summed E-state index contributed by atoms with van der Waals surface area (Å²) >= 11 is 12.7. The van der Waals surface area contributed by atoms with Gasteiger partial charge in [-0.2, -0.15) is 0 Å². The van der Waals surface area contributed by atoms with E-state index >= 15 is 0 Å². The molecule has 7 nitrogen and oxygen atoms in total. The van der Waals surface area contributed by atoms with Crippen LogP contribution in [0.25, 0.3) is 0 Å². The van der Waals surface area contributed by atoms with Crippen molar-refractivity contribution in [2.45, 2.75) is 70.1 Å². The Balaban J connectivity index is 1.91. The Bertz CT molecular complexity index is 1250. The van der Waals surface area contributed by atoms with Crippen molar-refractivity contribution < 1.29 is 23.4 Å². The van der Waals surface area contributed by atoms with E-state index in [1.165, 1.54) is 0 Å². The van der Waals surface area contributed by atoms with Gasteiger partial charge >= 0.3 is 0 Å². The van der Waals surface area contributed by atoms with Gasteiger partial charge in [0.1, 0.15) is 0 Å². The number of nitrogens with one attached hydrogen (secondary N) is 1. The fourth-order valence-electron chi connectivity index (χ4n) is 6.07. The van der Waals surface area contributed by atoms with Crippen LogP contribution in [0.15, 0.2) is 48.5 Å². The SMILES string of the molecule is CC[C@]1(CC(O)CO)CC(c2cccc(Cl)c2)[C@@H](c2ccc(Cl)cc2)N(C(CNS(=O)(=O)CC)C2CC2)C1=O. The second-order valence-electron chi connectivity index (χ2n) is 10.9. The van der Waals surface area contributed by atoms with Crippen LogP contribution in [0, 0.1) is 11.3 Å². The molecule has 2 aliphatic rings. The molecular formula is C29H38Cl2N2O5S. The molecule has 0 bridgehead atoms. The summed E-state index contributed by atoms with van der Waals surface area (Å²) in [7, 11) is -3.49. The summed E-state index contributed by atoms with van der Waals surface area (Å²) in [4.78, 5) is 16.6. The molecule has 2 aromatic rings. The fourth-order valence-corrected chi connectivity index (χ4v) is 7.03. The van der Waals surface area contributed by atoms with Crippen LogP contribution in [-0.4, -0.2) is 60.5 Å². The molecule has 5 atom stereocenters. The smallest absolute Gasteiger partial charge is 0.229 e. The monoisotopic (exact) mass is 596 g/mol. The second kappa shape index (κ2) is 12.5. The van der Waals surface area contributed by atoms with Crippen molar-refractivity contribution >= 4 is 39.1 Å². The minimum Gasteiger partial charge on any atom is -0.394 e. The lowest BCUT2D eigenvalue weighted by Crippen LogP contribution is -2.60. The number of carbonyl (C=O) groups excluding carboxylic acids is 1. The van der Waals surface area contributed by atoms with Crippen molar-refractivity contribution in [3.8, 4) is 0 Å². The molecule has 2 aromatic carbocycles. The minimum atomic E-state index is -3.49. The van der Waals surface area contributed by atoms with Gasteiger partial charge in [-0.3, -0.25) is 4.79 Å². The highest BCUT2D eigenvalue weighted by atomic mass is 35.5. The van der Waals surface area contributed by atoms with Crippen LogP contribution >= 0.6 is 23.2 Å². The molecule has 3 N–H and O–H groups in total. The number of rotatable bonds is 12. The van der Waals surface area contributed by atoms with E-state index in [-0.39, 0.29) is 42.5 Å². The number of benzene rings is 2. The first-order valence-corrected chi connectivity index (χ1v) is 16.0. The van der Waals surface area contributed by atoms with Gasteiger partial charge in [0.25, 0.3) is 0 Å². The van der Waals surface area contributed by atoms with Gasteiger partial charge in [-0.05, 0) is 80.3 Å². The lowest BCUT2D eigenvalue weighted by atomic mass is 9.64. The highest BCUT2D eigenvalue weighted by Crippen LogP contribution is 2.55. The zero-order chi connectivity index (χ0) is 28.4. The molecular weight excluding hydrogens is 559 g/mol. The van der Waals surface area contributed by atoms with Crippen molar-refractivity contribution in [2.75, 3.05) is 18.9 Å². The second-order valence-corrected chi connectivity index (χ2v) is 13.9. The number of hydrogen-bond donors (Lipinski definition) is 3.